The van der Waals surface area contributed by atoms with Gasteiger partial charge in [0.1, 0.15) is 0 Å². The second-order valence-electron chi connectivity index (χ2n) is 10.2. The molecule has 6 aromatic rings. The Balaban J connectivity index is 1.19. The maximum atomic E-state index is 11.5. The van der Waals surface area contributed by atoms with Crippen LogP contribution in [0.3, 0.4) is 0 Å². The van der Waals surface area contributed by atoms with E-state index in [1.54, 1.807) is 24.3 Å². The van der Waals surface area contributed by atoms with Crippen molar-refractivity contribution in [3.05, 3.63) is 109 Å². The first-order chi connectivity index (χ1) is 21.9. The fourth-order valence-electron chi connectivity index (χ4n) is 4.83. The average molecular weight is 653 g/mol. The van der Waals surface area contributed by atoms with E-state index in [0.717, 1.165) is 11.1 Å². The summed E-state index contributed by atoms with van der Waals surface area (Å²) in [6.07, 6.45) is 0. The Bertz CT molecular complexity index is 2260. The van der Waals surface area contributed by atoms with Crippen LogP contribution in [0, 0.1) is 0 Å². The summed E-state index contributed by atoms with van der Waals surface area (Å²) in [5.41, 5.74) is 16.7. The molecule has 0 unspecified atom stereocenters. The molecule has 0 spiro atoms. The highest BCUT2D eigenvalue weighted by molar-refractivity contribution is 7.86. The minimum absolute atomic E-state index is 0.262. The van der Waals surface area contributed by atoms with Crippen molar-refractivity contribution in [1.82, 2.24) is 0 Å². The molecule has 0 aliphatic carbocycles. The smallest absolute Gasteiger partial charge is 0.294 e. The molecule has 0 saturated carbocycles. The topological polar surface area (TPSA) is 210 Å². The second kappa shape index (κ2) is 11.8. The minimum Gasteiger partial charge on any atom is -0.398 e. The predicted molar refractivity (Wildman–Crippen MR) is 177 cm³/mol. The Hall–Kier alpha value is -5.54. The summed E-state index contributed by atoms with van der Waals surface area (Å²) in [5.74, 6) is 0. The van der Waals surface area contributed by atoms with Gasteiger partial charge in [-0.2, -0.15) is 27.1 Å². The van der Waals surface area contributed by atoms with Crippen molar-refractivity contribution >= 4 is 75.9 Å². The zero-order valence-corrected chi connectivity index (χ0v) is 25.3. The summed E-state index contributed by atoms with van der Waals surface area (Å²) in [5, 5.41) is 19.3. The number of nitrogens with zero attached hydrogens (tertiary/aromatic N) is 4. The maximum absolute atomic E-state index is 11.5. The SMILES string of the molecule is Nc1ccc(N=Nc2ccc(-c3ccc(N=Nc4ccc(N)c5cc(S(=O)(=O)O)ccc45)cc3)cc2)c2ccc(S(=O)(=O)O)cc12. The molecule has 0 amide bonds. The molecule has 0 saturated heterocycles. The largest absolute Gasteiger partial charge is 0.398 e. The van der Waals surface area contributed by atoms with Crippen LogP contribution in [0.1, 0.15) is 0 Å². The first-order valence-corrected chi connectivity index (χ1v) is 16.4. The normalized spacial score (nSPS) is 12.5. The summed E-state index contributed by atoms with van der Waals surface area (Å²) >= 11 is 0. The molecule has 6 rings (SSSR count). The van der Waals surface area contributed by atoms with Gasteiger partial charge in [-0.05, 0) is 83.9 Å². The summed E-state index contributed by atoms with van der Waals surface area (Å²) in [6, 6.07) is 29.6. The monoisotopic (exact) mass is 652 g/mol. The van der Waals surface area contributed by atoms with Gasteiger partial charge in [0, 0.05) is 32.9 Å². The third-order valence-electron chi connectivity index (χ3n) is 7.21. The van der Waals surface area contributed by atoms with E-state index >= 15 is 0 Å². The Labute approximate surface area is 263 Å². The standard InChI is InChI=1S/C32H24N6O6S2/c33-29-13-15-31(25-11-9-23(17-27(25)29)45(39,40)41)37-35-21-5-1-19(2-6-21)20-3-7-22(8-4-20)36-38-32-16-14-30(34)28-18-24(46(42,43)44)10-12-26(28)32/h1-18H,33-34H2,(H,39,40,41)(H,42,43,44). The molecule has 0 atom stereocenters. The highest BCUT2D eigenvalue weighted by atomic mass is 32.2. The fraction of sp³-hybridized carbons (Fsp3) is 0. The minimum atomic E-state index is -4.38. The Morgan fingerprint density at radius 1 is 0.435 bits per heavy atom. The molecule has 12 nitrogen and oxygen atoms in total. The summed E-state index contributed by atoms with van der Waals surface area (Å²) in [7, 11) is -8.76. The van der Waals surface area contributed by atoms with Crippen molar-refractivity contribution in [2.24, 2.45) is 20.5 Å². The van der Waals surface area contributed by atoms with Gasteiger partial charge in [-0.15, -0.1) is 10.2 Å². The lowest BCUT2D eigenvalue weighted by Gasteiger charge is -2.07. The number of hydrogen-bond donors (Lipinski definition) is 4. The molecule has 0 radical (unpaired) electrons. The van der Waals surface area contributed by atoms with E-state index in [0.29, 0.717) is 55.7 Å². The Morgan fingerprint density at radius 2 is 0.804 bits per heavy atom. The van der Waals surface area contributed by atoms with E-state index in [4.69, 9.17) is 11.5 Å². The first-order valence-electron chi connectivity index (χ1n) is 13.5. The van der Waals surface area contributed by atoms with Gasteiger partial charge in [0.05, 0.1) is 32.5 Å². The quantitative estimate of drug-likeness (QED) is 0.0749. The van der Waals surface area contributed by atoms with E-state index in [2.05, 4.69) is 20.5 Å². The van der Waals surface area contributed by atoms with Crippen molar-refractivity contribution in [3.8, 4) is 11.1 Å². The molecule has 230 valence electrons. The van der Waals surface area contributed by atoms with Crippen LogP contribution in [0.4, 0.5) is 34.1 Å². The molecule has 6 N–H and O–H groups in total. The highest BCUT2D eigenvalue weighted by Crippen LogP contribution is 2.35. The third kappa shape index (κ3) is 6.31. The number of nitrogens with two attached hydrogens (primary N) is 2. The van der Waals surface area contributed by atoms with Gasteiger partial charge in [0.2, 0.25) is 0 Å². The summed E-state index contributed by atoms with van der Waals surface area (Å²) in [6.45, 7) is 0. The average Bonchev–Trinajstić information content (AvgIpc) is 3.04. The molecule has 0 fully saturated rings. The molecule has 6 aromatic carbocycles. The number of nitrogen functional groups attached to an aromatic ring is 2. The molecule has 46 heavy (non-hydrogen) atoms. The van der Waals surface area contributed by atoms with Crippen molar-refractivity contribution in [1.29, 1.82) is 0 Å². The van der Waals surface area contributed by atoms with Crippen LogP contribution in [-0.2, 0) is 20.2 Å². The number of fused-ring (bicyclic) bond motifs is 2. The Morgan fingerprint density at radius 3 is 1.15 bits per heavy atom. The summed E-state index contributed by atoms with van der Waals surface area (Å²) < 4.78 is 64.9. The van der Waals surface area contributed by atoms with E-state index in [9.17, 15) is 25.9 Å². The number of hydrogen-bond acceptors (Lipinski definition) is 10. The van der Waals surface area contributed by atoms with Crippen molar-refractivity contribution < 1.29 is 25.9 Å². The van der Waals surface area contributed by atoms with Gasteiger partial charge in [0.15, 0.2) is 0 Å². The molecular formula is C32H24N6O6S2. The van der Waals surface area contributed by atoms with Crippen LogP contribution in [-0.4, -0.2) is 25.9 Å². The number of azo groups is 2. The molecular weight excluding hydrogens is 629 g/mol. The number of anilines is 2. The molecule has 0 aliphatic rings. The van der Waals surface area contributed by atoms with Crippen molar-refractivity contribution in [2.75, 3.05) is 11.5 Å². The van der Waals surface area contributed by atoms with E-state index < -0.39 is 20.2 Å². The molecule has 0 aliphatic heterocycles. The van der Waals surface area contributed by atoms with Gasteiger partial charge in [0.25, 0.3) is 20.2 Å². The van der Waals surface area contributed by atoms with Gasteiger partial charge >= 0.3 is 0 Å². The van der Waals surface area contributed by atoms with Crippen LogP contribution in [0.5, 0.6) is 0 Å². The number of rotatable bonds is 7. The van der Waals surface area contributed by atoms with E-state index in [-0.39, 0.29) is 9.79 Å². The lowest BCUT2D eigenvalue weighted by Crippen LogP contribution is -1.98. The molecule has 0 heterocycles. The highest BCUT2D eigenvalue weighted by Gasteiger charge is 2.14. The second-order valence-corrected chi connectivity index (χ2v) is 13.0. The van der Waals surface area contributed by atoms with Gasteiger partial charge in [-0.1, -0.05) is 36.4 Å². The van der Waals surface area contributed by atoms with E-state index in [1.807, 2.05) is 48.5 Å². The fourth-order valence-corrected chi connectivity index (χ4v) is 5.84. The van der Waals surface area contributed by atoms with Crippen LogP contribution in [0.15, 0.2) is 139 Å². The third-order valence-corrected chi connectivity index (χ3v) is 8.91. The van der Waals surface area contributed by atoms with Crippen LogP contribution in [0.2, 0.25) is 0 Å². The maximum Gasteiger partial charge on any atom is 0.294 e. The van der Waals surface area contributed by atoms with Gasteiger partial charge in [-0.3, -0.25) is 9.11 Å². The van der Waals surface area contributed by atoms with Crippen molar-refractivity contribution in [2.45, 2.75) is 9.79 Å². The molecule has 0 bridgehead atoms. The van der Waals surface area contributed by atoms with Crippen molar-refractivity contribution in [3.63, 3.8) is 0 Å². The lowest BCUT2D eigenvalue weighted by atomic mass is 10.1. The summed E-state index contributed by atoms with van der Waals surface area (Å²) in [4.78, 5) is -0.524. The zero-order valence-electron chi connectivity index (χ0n) is 23.7. The zero-order chi connectivity index (χ0) is 32.6. The predicted octanol–water partition coefficient (Wildman–Crippen LogP) is 8.15. The van der Waals surface area contributed by atoms with Gasteiger partial charge < -0.3 is 11.5 Å². The molecule has 14 heteroatoms. The first kappa shape index (κ1) is 30.5. The van der Waals surface area contributed by atoms with Crippen LogP contribution < -0.4 is 11.5 Å². The van der Waals surface area contributed by atoms with Gasteiger partial charge in [-0.25, -0.2) is 0 Å². The Kier molecular flexibility index (Phi) is 7.79. The van der Waals surface area contributed by atoms with E-state index in [1.165, 1.54) is 36.4 Å². The van der Waals surface area contributed by atoms with Crippen LogP contribution in [0.25, 0.3) is 32.7 Å². The lowest BCUT2D eigenvalue weighted by molar-refractivity contribution is 0.481. The number of benzene rings is 6. The molecule has 0 aromatic heterocycles. The van der Waals surface area contributed by atoms with Crippen LogP contribution >= 0.6 is 0 Å².